The molecule has 0 N–H and O–H groups in total. The van der Waals surface area contributed by atoms with Crippen LogP contribution in [0.4, 0.5) is 0 Å². The zero-order chi connectivity index (χ0) is 15.3. The van der Waals surface area contributed by atoms with Crippen molar-refractivity contribution in [2.24, 2.45) is 0 Å². The van der Waals surface area contributed by atoms with Crippen molar-refractivity contribution in [2.45, 2.75) is 26.2 Å². The van der Waals surface area contributed by atoms with E-state index in [1.807, 2.05) is 0 Å². The SMILES string of the molecule is Cc1ccc2c(c1)-c1ccccc1C(C)(C)c1ccccc1-2. The first-order valence-corrected chi connectivity index (χ1v) is 7.89. The number of aryl methyl sites for hydroxylation is 1. The molecule has 0 saturated carbocycles. The minimum absolute atomic E-state index is 0.000111. The number of benzene rings is 3. The molecule has 4 rings (SSSR count). The van der Waals surface area contributed by atoms with Crippen LogP contribution in [-0.2, 0) is 5.41 Å². The Morgan fingerprint density at radius 3 is 1.77 bits per heavy atom. The summed E-state index contributed by atoms with van der Waals surface area (Å²) >= 11 is 0. The van der Waals surface area contributed by atoms with Gasteiger partial charge in [-0.15, -0.1) is 0 Å². The molecule has 0 bridgehead atoms. The van der Waals surface area contributed by atoms with Crippen molar-refractivity contribution in [3.63, 3.8) is 0 Å². The lowest BCUT2D eigenvalue weighted by atomic mass is 9.75. The monoisotopic (exact) mass is 284 g/mol. The third-order valence-electron chi connectivity index (χ3n) is 4.96. The van der Waals surface area contributed by atoms with E-state index in [1.165, 1.54) is 38.9 Å². The van der Waals surface area contributed by atoms with E-state index in [4.69, 9.17) is 0 Å². The highest BCUT2D eigenvalue weighted by Gasteiger charge is 2.32. The summed E-state index contributed by atoms with van der Waals surface area (Å²) < 4.78 is 0. The minimum atomic E-state index is 0.000111. The lowest BCUT2D eigenvalue weighted by Crippen LogP contribution is -2.19. The fourth-order valence-electron chi connectivity index (χ4n) is 3.79. The van der Waals surface area contributed by atoms with E-state index in [0.717, 1.165) is 0 Å². The predicted octanol–water partition coefficient (Wildman–Crippen LogP) is 5.97. The normalized spacial score (nSPS) is 14.5. The standard InChI is InChI=1S/C22H20/c1-15-12-13-16-17-8-4-6-10-20(17)22(2,3)21-11-7-5-9-18(21)19(16)14-15/h4-14H,1-3H3. The van der Waals surface area contributed by atoms with Gasteiger partial charge >= 0.3 is 0 Å². The van der Waals surface area contributed by atoms with Gasteiger partial charge in [0.25, 0.3) is 0 Å². The second kappa shape index (κ2) is 4.58. The van der Waals surface area contributed by atoms with Gasteiger partial charge in [-0.2, -0.15) is 0 Å². The molecule has 1 aliphatic carbocycles. The smallest absolute Gasteiger partial charge is 0.0158 e. The van der Waals surface area contributed by atoms with E-state index in [0.29, 0.717) is 0 Å². The molecular formula is C22H20. The summed E-state index contributed by atoms with van der Waals surface area (Å²) in [6.07, 6.45) is 0. The first-order chi connectivity index (χ1) is 10.6. The second-order valence-electron chi connectivity index (χ2n) is 6.77. The van der Waals surface area contributed by atoms with E-state index < -0.39 is 0 Å². The molecule has 1 aliphatic rings. The maximum absolute atomic E-state index is 2.34. The van der Waals surface area contributed by atoms with Crippen LogP contribution in [0.3, 0.4) is 0 Å². The van der Waals surface area contributed by atoms with Crippen LogP contribution in [0, 0.1) is 6.92 Å². The zero-order valence-electron chi connectivity index (χ0n) is 13.4. The van der Waals surface area contributed by atoms with Gasteiger partial charge in [0.05, 0.1) is 0 Å². The van der Waals surface area contributed by atoms with Gasteiger partial charge in [0.15, 0.2) is 0 Å². The lowest BCUT2D eigenvalue weighted by Gasteiger charge is -2.28. The van der Waals surface area contributed by atoms with Crippen molar-refractivity contribution < 1.29 is 0 Å². The van der Waals surface area contributed by atoms with Crippen molar-refractivity contribution in [3.05, 3.63) is 83.4 Å². The maximum atomic E-state index is 2.34. The summed E-state index contributed by atoms with van der Waals surface area (Å²) in [5, 5.41) is 0. The molecule has 0 aliphatic heterocycles. The zero-order valence-corrected chi connectivity index (χ0v) is 13.4. The van der Waals surface area contributed by atoms with Gasteiger partial charge in [0, 0.05) is 5.41 Å². The Hall–Kier alpha value is -2.34. The average Bonchev–Trinajstić information content (AvgIpc) is 2.62. The van der Waals surface area contributed by atoms with Crippen LogP contribution >= 0.6 is 0 Å². The highest BCUT2D eigenvalue weighted by atomic mass is 14.3. The highest BCUT2D eigenvalue weighted by Crippen LogP contribution is 2.48. The van der Waals surface area contributed by atoms with Crippen LogP contribution in [0.2, 0.25) is 0 Å². The molecule has 0 radical (unpaired) electrons. The van der Waals surface area contributed by atoms with Gasteiger partial charge in [0.1, 0.15) is 0 Å². The van der Waals surface area contributed by atoms with Crippen molar-refractivity contribution in [2.75, 3.05) is 0 Å². The molecule has 0 heteroatoms. The van der Waals surface area contributed by atoms with Crippen LogP contribution in [0.5, 0.6) is 0 Å². The molecule has 0 unspecified atom stereocenters. The maximum Gasteiger partial charge on any atom is 0.0158 e. The molecule has 0 nitrogen and oxygen atoms in total. The van der Waals surface area contributed by atoms with Crippen LogP contribution in [-0.4, -0.2) is 0 Å². The molecular weight excluding hydrogens is 264 g/mol. The molecule has 0 atom stereocenters. The van der Waals surface area contributed by atoms with Crippen molar-refractivity contribution >= 4 is 0 Å². The molecule has 0 heterocycles. The van der Waals surface area contributed by atoms with Crippen LogP contribution < -0.4 is 0 Å². The molecule has 108 valence electrons. The molecule has 3 aromatic carbocycles. The first kappa shape index (κ1) is 13.3. The first-order valence-electron chi connectivity index (χ1n) is 7.89. The van der Waals surface area contributed by atoms with Crippen LogP contribution in [0.1, 0.15) is 30.5 Å². The summed E-state index contributed by atoms with van der Waals surface area (Å²) in [7, 11) is 0. The molecule has 3 aromatic rings. The van der Waals surface area contributed by atoms with Crippen molar-refractivity contribution in [3.8, 4) is 22.3 Å². The highest BCUT2D eigenvalue weighted by molar-refractivity contribution is 5.90. The third kappa shape index (κ3) is 1.77. The van der Waals surface area contributed by atoms with Gasteiger partial charge in [-0.05, 0) is 40.3 Å². The van der Waals surface area contributed by atoms with Crippen LogP contribution in [0.15, 0.2) is 66.7 Å². The Balaban J connectivity index is 2.21. The van der Waals surface area contributed by atoms with E-state index >= 15 is 0 Å². The Morgan fingerprint density at radius 1 is 0.591 bits per heavy atom. The Bertz CT molecular complexity index is 869. The third-order valence-corrected chi connectivity index (χ3v) is 4.96. The number of hydrogen-bond acceptors (Lipinski definition) is 0. The Labute approximate surface area is 132 Å². The largest absolute Gasteiger partial charge is 0.0619 e. The summed E-state index contributed by atoms with van der Waals surface area (Å²) in [5.74, 6) is 0. The fraction of sp³-hybridized carbons (Fsp3) is 0.182. The summed E-state index contributed by atoms with van der Waals surface area (Å²) in [5.41, 5.74) is 9.55. The number of fused-ring (bicyclic) bond motifs is 5. The van der Waals surface area contributed by atoms with Crippen molar-refractivity contribution in [1.82, 2.24) is 0 Å². The molecule has 0 spiro atoms. The van der Waals surface area contributed by atoms with Gasteiger partial charge in [-0.3, -0.25) is 0 Å². The molecule has 0 fully saturated rings. The van der Waals surface area contributed by atoms with Gasteiger partial charge < -0.3 is 0 Å². The quantitative estimate of drug-likeness (QED) is 0.477. The van der Waals surface area contributed by atoms with E-state index in [1.54, 1.807) is 0 Å². The van der Waals surface area contributed by atoms with Gasteiger partial charge in [-0.25, -0.2) is 0 Å². The second-order valence-corrected chi connectivity index (χ2v) is 6.77. The van der Waals surface area contributed by atoms with E-state index in [2.05, 4.69) is 87.5 Å². The molecule has 22 heavy (non-hydrogen) atoms. The predicted molar refractivity (Wildman–Crippen MR) is 94.2 cm³/mol. The summed E-state index contributed by atoms with van der Waals surface area (Å²) in [6.45, 7) is 6.84. The van der Waals surface area contributed by atoms with E-state index in [-0.39, 0.29) is 5.41 Å². The van der Waals surface area contributed by atoms with Gasteiger partial charge in [-0.1, -0.05) is 86.1 Å². The van der Waals surface area contributed by atoms with Crippen molar-refractivity contribution in [1.29, 1.82) is 0 Å². The van der Waals surface area contributed by atoms with Gasteiger partial charge in [0.2, 0.25) is 0 Å². The molecule has 0 aromatic heterocycles. The Morgan fingerprint density at radius 2 is 1.14 bits per heavy atom. The number of hydrogen-bond donors (Lipinski definition) is 0. The average molecular weight is 284 g/mol. The molecule has 0 amide bonds. The van der Waals surface area contributed by atoms with E-state index in [9.17, 15) is 0 Å². The molecule has 0 saturated heterocycles. The fourth-order valence-corrected chi connectivity index (χ4v) is 3.79. The Kier molecular flexibility index (Phi) is 2.77. The van der Waals surface area contributed by atoms with Crippen LogP contribution in [0.25, 0.3) is 22.3 Å². The number of rotatable bonds is 0. The topological polar surface area (TPSA) is 0 Å². The lowest BCUT2D eigenvalue weighted by molar-refractivity contribution is 0.646. The minimum Gasteiger partial charge on any atom is -0.0619 e. The summed E-state index contributed by atoms with van der Waals surface area (Å²) in [4.78, 5) is 0. The summed E-state index contributed by atoms with van der Waals surface area (Å²) in [6, 6.07) is 24.5.